The van der Waals surface area contributed by atoms with Gasteiger partial charge in [-0.15, -0.1) is 0 Å². The Kier molecular flexibility index (Phi) is 4.34. The molecule has 0 radical (unpaired) electrons. The highest BCUT2D eigenvalue weighted by Gasteiger charge is 2.30. The van der Waals surface area contributed by atoms with Gasteiger partial charge in [0, 0.05) is 23.7 Å². The third-order valence-corrected chi connectivity index (χ3v) is 3.81. The van der Waals surface area contributed by atoms with Gasteiger partial charge in [-0.25, -0.2) is 8.78 Å². The number of nitrogens with zero attached hydrogens (tertiary/aromatic N) is 3. The first-order valence-electron chi connectivity index (χ1n) is 7.48. The highest BCUT2D eigenvalue weighted by Crippen LogP contribution is 2.41. The molecular formula is C15H14F2N4O4. The lowest BCUT2D eigenvalue weighted by Gasteiger charge is -2.09. The minimum absolute atomic E-state index is 0.110. The number of benzene rings is 1. The number of non-ortho nitro benzene ring substituents is 1. The summed E-state index contributed by atoms with van der Waals surface area (Å²) >= 11 is 0. The van der Waals surface area contributed by atoms with Crippen LogP contribution in [-0.2, 0) is 11.3 Å². The summed E-state index contributed by atoms with van der Waals surface area (Å²) in [5, 5.41) is 26.6. The number of phenolic OH excluding ortho intramolecular Hbond substituents is 1. The second kappa shape index (κ2) is 6.46. The van der Waals surface area contributed by atoms with Crippen molar-refractivity contribution in [2.24, 2.45) is 0 Å². The van der Waals surface area contributed by atoms with Crippen molar-refractivity contribution in [1.29, 1.82) is 0 Å². The molecule has 0 atom stereocenters. The van der Waals surface area contributed by atoms with Gasteiger partial charge in [0.15, 0.2) is 0 Å². The van der Waals surface area contributed by atoms with Crippen molar-refractivity contribution in [3.63, 3.8) is 0 Å². The highest BCUT2D eigenvalue weighted by atomic mass is 19.3. The summed E-state index contributed by atoms with van der Waals surface area (Å²) in [7, 11) is 0. The van der Waals surface area contributed by atoms with Gasteiger partial charge in [0.25, 0.3) is 12.1 Å². The molecule has 1 heterocycles. The van der Waals surface area contributed by atoms with Gasteiger partial charge in [0.05, 0.1) is 10.6 Å². The van der Waals surface area contributed by atoms with E-state index in [1.165, 1.54) is 10.7 Å². The number of anilines is 1. The van der Waals surface area contributed by atoms with E-state index in [1.54, 1.807) is 0 Å². The van der Waals surface area contributed by atoms with E-state index in [0.717, 1.165) is 31.0 Å². The molecule has 0 aliphatic heterocycles. The molecule has 1 fully saturated rings. The summed E-state index contributed by atoms with van der Waals surface area (Å²) in [5.41, 5.74) is -0.263. The quantitative estimate of drug-likeness (QED) is 0.472. The normalized spacial score (nSPS) is 13.9. The van der Waals surface area contributed by atoms with Crippen LogP contribution in [0.4, 0.5) is 20.2 Å². The molecule has 25 heavy (non-hydrogen) atoms. The van der Waals surface area contributed by atoms with E-state index in [9.17, 15) is 28.8 Å². The summed E-state index contributed by atoms with van der Waals surface area (Å²) in [6.45, 7) is -0.333. The van der Waals surface area contributed by atoms with Crippen molar-refractivity contribution in [2.45, 2.75) is 31.7 Å². The first-order chi connectivity index (χ1) is 11.8. The minimum atomic E-state index is -2.73. The molecule has 0 unspecified atom stereocenters. The van der Waals surface area contributed by atoms with Crippen LogP contribution in [0.15, 0.2) is 24.3 Å². The number of alkyl halides is 2. The Hall–Kier alpha value is -3.04. The van der Waals surface area contributed by atoms with Crippen LogP contribution >= 0.6 is 0 Å². The Bertz CT molecular complexity index is 833. The lowest BCUT2D eigenvalue weighted by atomic mass is 10.2. The molecule has 1 aliphatic rings. The van der Waals surface area contributed by atoms with Gasteiger partial charge in [-0.3, -0.25) is 19.6 Å². The van der Waals surface area contributed by atoms with Crippen molar-refractivity contribution in [2.75, 3.05) is 5.32 Å². The second-order valence-electron chi connectivity index (χ2n) is 5.73. The zero-order chi connectivity index (χ0) is 18.1. The SMILES string of the molecule is O=C(Cn1nc(C(F)F)cc1C1CC1)Nc1cc([N+](=O)[O-])ccc1O. The molecule has 0 bridgehead atoms. The number of nitro groups is 1. The molecule has 2 N–H and O–H groups in total. The van der Waals surface area contributed by atoms with Gasteiger partial charge in [0.2, 0.25) is 5.91 Å². The van der Waals surface area contributed by atoms with E-state index < -0.39 is 22.9 Å². The van der Waals surface area contributed by atoms with Crippen molar-refractivity contribution in [1.82, 2.24) is 9.78 Å². The van der Waals surface area contributed by atoms with E-state index >= 15 is 0 Å². The Balaban J connectivity index is 1.77. The van der Waals surface area contributed by atoms with Crippen LogP contribution in [0.5, 0.6) is 5.75 Å². The van der Waals surface area contributed by atoms with Crippen LogP contribution in [0.2, 0.25) is 0 Å². The standard InChI is InChI=1S/C15H14F2N4O4/c16-15(17)11-6-12(8-1-2-8)20(19-11)7-14(23)18-10-5-9(21(24)25)3-4-13(10)22/h3-6,8,15,22H,1-2,7H2,(H,18,23). The largest absolute Gasteiger partial charge is 0.506 e. The van der Waals surface area contributed by atoms with Crippen LogP contribution in [0, 0.1) is 10.1 Å². The molecule has 3 rings (SSSR count). The maximum atomic E-state index is 12.8. The van der Waals surface area contributed by atoms with Crippen molar-refractivity contribution in [3.05, 3.63) is 45.8 Å². The molecule has 10 heteroatoms. The van der Waals surface area contributed by atoms with Gasteiger partial charge in [0.1, 0.15) is 18.0 Å². The van der Waals surface area contributed by atoms with Crippen LogP contribution in [0.3, 0.4) is 0 Å². The van der Waals surface area contributed by atoms with E-state index in [1.807, 2.05) is 0 Å². The van der Waals surface area contributed by atoms with Crippen LogP contribution in [0.1, 0.15) is 36.6 Å². The zero-order valence-corrected chi connectivity index (χ0v) is 12.9. The molecule has 1 aromatic heterocycles. The average molecular weight is 352 g/mol. The minimum Gasteiger partial charge on any atom is -0.506 e. The molecule has 1 saturated carbocycles. The number of hydrogen-bond donors (Lipinski definition) is 2. The van der Waals surface area contributed by atoms with Crippen molar-refractivity contribution < 1.29 is 23.6 Å². The third kappa shape index (κ3) is 3.73. The summed E-state index contributed by atoms with van der Waals surface area (Å²) < 4.78 is 26.9. The van der Waals surface area contributed by atoms with Gasteiger partial charge in [-0.2, -0.15) is 5.10 Å². The lowest BCUT2D eigenvalue weighted by Crippen LogP contribution is -2.21. The summed E-state index contributed by atoms with van der Waals surface area (Å²) in [6, 6.07) is 4.49. The molecule has 0 saturated heterocycles. The lowest BCUT2D eigenvalue weighted by molar-refractivity contribution is -0.384. The van der Waals surface area contributed by atoms with Gasteiger partial charge >= 0.3 is 0 Å². The van der Waals surface area contributed by atoms with E-state index in [-0.39, 0.29) is 29.6 Å². The number of hydrogen-bond acceptors (Lipinski definition) is 5. The summed E-state index contributed by atoms with van der Waals surface area (Å²) in [5.74, 6) is -0.865. The first kappa shape index (κ1) is 16.8. The fraction of sp³-hybridized carbons (Fsp3) is 0.333. The number of carbonyl (C=O) groups is 1. The second-order valence-corrected chi connectivity index (χ2v) is 5.73. The van der Waals surface area contributed by atoms with Crippen molar-refractivity contribution in [3.8, 4) is 5.75 Å². The van der Waals surface area contributed by atoms with Gasteiger partial charge in [-0.05, 0) is 25.0 Å². The number of amides is 1. The third-order valence-electron chi connectivity index (χ3n) is 3.81. The molecule has 2 aromatic rings. The average Bonchev–Trinajstić information content (AvgIpc) is 3.30. The smallest absolute Gasteiger partial charge is 0.282 e. The molecule has 1 amide bonds. The van der Waals surface area contributed by atoms with E-state index in [4.69, 9.17) is 0 Å². The summed E-state index contributed by atoms with van der Waals surface area (Å²) in [6.07, 6.45) is -1.04. The molecule has 0 spiro atoms. The Labute approximate surface area is 140 Å². The predicted octanol–water partition coefficient (Wildman–Crippen LogP) is 2.95. The maximum Gasteiger partial charge on any atom is 0.282 e. The summed E-state index contributed by atoms with van der Waals surface area (Å²) in [4.78, 5) is 22.2. The molecule has 132 valence electrons. The van der Waals surface area contributed by atoms with Crippen LogP contribution in [0.25, 0.3) is 0 Å². The maximum absolute atomic E-state index is 12.8. The monoisotopic (exact) mass is 352 g/mol. The number of phenols is 1. The molecule has 8 nitrogen and oxygen atoms in total. The number of aromatic nitrogens is 2. The number of rotatable bonds is 6. The number of aromatic hydroxyl groups is 1. The Morgan fingerprint density at radius 3 is 2.76 bits per heavy atom. The number of carbonyl (C=O) groups excluding carboxylic acids is 1. The van der Waals surface area contributed by atoms with Crippen LogP contribution in [-0.4, -0.2) is 25.7 Å². The van der Waals surface area contributed by atoms with Gasteiger partial charge < -0.3 is 10.4 Å². The topological polar surface area (TPSA) is 110 Å². The molecule has 1 aromatic carbocycles. The molecule has 1 aliphatic carbocycles. The Morgan fingerprint density at radius 2 is 2.16 bits per heavy atom. The Morgan fingerprint density at radius 1 is 1.44 bits per heavy atom. The number of nitro benzene ring substituents is 1. The van der Waals surface area contributed by atoms with E-state index in [0.29, 0.717) is 5.69 Å². The first-order valence-corrected chi connectivity index (χ1v) is 7.48. The highest BCUT2D eigenvalue weighted by molar-refractivity contribution is 5.92. The van der Waals surface area contributed by atoms with Crippen LogP contribution < -0.4 is 5.32 Å². The number of halogens is 2. The molecular weight excluding hydrogens is 338 g/mol. The number of nitrogens with one attached hydrogen (secondary N) is 1. The zero-order valence-electron chi connectivity index (χ0n) is 12.9. The van der Waals surface area contributed by atoms with Gasteiger partial charge in [-0.1, -0.05) is 0 Å². The predicted molar refractivity (Wildman–Crippen MR) is 82.5 cm³/mol. The fourth-order valence-electron chi connectivity index (χ4n) is 2.46. The fourth-order valence-corrected chi connectivity index (χ4v) is 2.46. The van der Waals surface area contributed by atoms with Crippen molar-refractivity contribution >= 4 is 17.3 Å². The van der Waals surface area contributed by atoms with E-state index in [2.05, 4.69) is 10.4 Å².